The van der Waals surface area contributed by atoms with Crippen molar-refractivity contribution in [2.45, 2.75) is 45.8 Å². The second-order valence-corrected chi connectivity index (χ2v) is 14.4. The van der Waals surface area contributed by atoms with Crippen molar-refractivity contribution in [1.29, 1.82) is 0 Å². The number of carbonyl (C=O) groups is 1. The minimum absolute atomic E-state index is 0.347. The second-order valence-electron chi connectivity index (χ2n) is 8.74. The molecule has 0 bridgehead atoms. The molecule has 0 fully saturated rings. The summed E-state index contributed by atoms with van der Waals surface area (Å²) in [5.41, 5.74) is 2.61. The largest absolute Gasteiger partial charge is 0.412 e. The lowest BCUT2D eigenvalue weighted by Gasteiger charge is -2.15. The molecule has 0 aliphatic carbocycles. The summed E-state index contributed by atoms with van der Waals surface area (Å²) in [6.07, 6.45) is 5.43. The quantitative estimate of drug-likeness (QED) is 0.350. The van der Waals surface area contributed by atoms with Crippen molar-refractivity contribution in [2.24, 2.45) is 0 Å². The third kappa shape index (κ3) is 6.99. The van der Waals surface area contributed by atoms with Crippen molar-refractivity contribution in [3.63, 3.8) is 0 Å². The first-order valence-electron chi connectivity index (χ1n) is 10.8. The van der Waals surface area contributed by atoms with Gasteiger partial charge in [-0.15, -0.1) is 0 Å². The molecular weight excluding hydrogens is 422 g/mol. The van der Waals surface area contributed by atoms with Gasteiger partial charge in [0.25, 0.3) is 0 Å². The van der Waals surface area contributed by atoms with Gasteiger partial charge in [-0.3, -0.25) is 4.98 Å². The Morgan fingerprint density at radius 1 is 1.12 bits per heavy atom. The summed E-state index contributed by atoms with van der Waals surface area (Å²) in [6.45, 7) is 10.6. The first-order chi connectivity index (χ1) is 15.4. The van der Waals surface area contributed by atoms with Crippen LogP contribution in [0.2, 0.25) is 25.7 Å². The van der Waals surface area contributed by atoms with Crippen molar-refractivity contribution in [3.8, 4) is 28.3 Å². The van der Waals surface area contributed by atoms with E-state index in [1.807, 2.05) is 31.2 Å². The number of nitrogens with one attached hydrogen (secondary N) is 1. The van der Waals surface area contributed by atoms with Gasteiger partial charge in [0.15, 0.2) is 5.82 Å². The summed E-state index contributed by atoms with van der Waals surface area (Å²) in [7, 11) is -1.14. The normalized spacial score (nSPS) is 11.4. The molecule has 0 radical (unpaired) electrons. The van der Waals surface area contributed by atoms with Crippen LogP contribution in [-0.4, -0.2) is 47.1 Å². The molecule has 2 heterocycles. The molecule has 0 aliphatic heterocycles. The third-order valence-electron chi connectivity index (χ3n) is 4.72. The molecule has 8 nitrogen and oxygen atoms in total. The van der Waals surface area contributed by atoms with E-state index in [2.05, 4.69) is 40.0 Å². The average Bonchev–Trinajstić information content (AvgIpc) is 3.23. The molecule has 1 aromatic carbocycles. The van der Waals surface area contributed by atoms with E-state index in [0.29, 0.717) is 31.5 Å². The summed E-state index contributed by atoms with van der Waals surface area (Å²) in [6, 6.07) is 10.5. The topological polar surface area (TPSA) is 91.2 Å². The van der Waals surface area contributed by atoms with Crippen LogP contribution in [-0.2, 0) is 11.5 Å². The second kappa shape index (κ2) is 11.0. The van der Waals surface area contributed by atoms with Crippen LogP contribution in [0.25, 0.3) is 22.5 Å². The fourth-order valence-electron chi connectivity index (χ4n) is 2.94. The zero-order valence-corrected chi connectivity index (χ0v) is 20.2. The van der Waals surface area contributed by atoms with Gasteiger partial charge in [0, 0.05) is 44.7 Å². The van der Waals surface area contributed by atoms with Crippen molar-refractivity contribution >= 4 is 14.2 Å². The molecule has 0 aliphatic rings. The number of aromatic nitrogens is 4. The average molecular weight is 454 g/mol. The lowest BCUT2D eigenvalue weighted by atomic mass is 10.1. The van der Waals surface area contributed by atoms with Gasteiger partial charge in [-0.25, -0.2) is 14.5 Å². The Kier molecular flexibility index (Phi) is 8.13. The van der Waals surface area contributed by atoms with Crippen molar-refractivity contribution in [2.75, 3.05) is 13.2 Å². The third-order valence-corrected chi connectivity index (χ3v) is 6.42. The summed E-state index contributed by atoms with van der Waals surface area (Å²) < 4.78 is 12.9. The molecule has 9 heteroatoms. The van der Waals surface area contributed by atoms with E-state index < -0.39 is 14.2 Å². The number of benzene rings is 1. The number of amides is 1. The molecule has 170 valence electrons. The van der Waals surface area contributed by atoms with Crippen LogP contribution in [0, 0.1) is 0 Å². The van der Waals surface area contributed by atoms with Gasteiger partial charge in [-0.2, -0.15) is 5.10 Å². The smallest absolute Gasteiger partial charge is 0.410 e. The SMILES string of the molecule is CCCNC(=O)Oc1cccc(-c2cncc(-c3ncnn3COCC[Si](C)(C)C)c2)c1. The zero-order chi connectivity index (χ0) is 23.0. The van der Waals surface area contributed by atoms with Crippen molar-refractivity contribution in [1.82, 2.24) is 25.1 Å². The van der Waals surface area contributed by atoms with Crippen LogP contribution < -0.4 is 10.1 Å². The number of carbonyl (C=O) groups excluding carboxylic acids is 1. The Morgan fingerprint density at radius 2 is 1.94 bits per heavy atom. The molecular formula is C23H31N5O3Si. The van der Waals surface area contributed by atoms with Gasteiger partial charge >= 0.3 is 6.09 Å². The predicted octanol–water partition coefficient (Wildman–Crippen LogP) is 4.82. The van der Waals surface area contributed by atoms with Crippen molar-refractivity contribution < 1.29 is 14.3 Å². The summed E-state index contributed by atoms with van der Waals surface area (Å²) in [5, 5.41) is 7.00. The monoisotopic (exact) mass is 453 g/mol. The van der Waals surface area contributed by atoms with Crippen LogP contribution in [0.3, 0.4) is 0 Å². The highest BCUT2D eigenvalue weighted by Crippen LogP contribution is 2.27. The van der Waals surface area contributed by atoms with Crippen LogP contribution in [0.5, 0.6) is 5.75 Å². The molecule has 32 heavy (non-hydrogen) atoms. The minimum atomic E-state index is -1.14. The van der Waals surface area contributed by atoms with Crippen LogP contribution >= 0.6 is 0 Å². The Balaban J connectivity index is 1.72. The van der Waals surface area contributed by atoms with E-state index in [0.717, 1.165) is 29.2 Å². The van der Waals surface area contributed by atoms with E-state index in [1.165, 1.54) is 6.33 Å². The molecule has 2 aromatic heterocycles. The van der Waals surface area contributed by atoms with E-state index in [-0.39, 0.29) is 0 Å². The first kappa shape index (κ1) is 23.6. The molecule has 0 unspecified atom stereocenters. The zero-order valence-electron chi connectivity index (χ0n) is 19.2. The lowest BCUT2D eigenvalue weighted by Crippen LogP contribution is -2.27. The molecule has 3 rings (SSSR count). The fraction of sp³-hybridized carbons (Fsp3) is 0.391. The highest BCUT2D eigenvalue weighted by molar-refractivity contribution is 6.76. The number of ether oxygens (including phenoxy) is 2. The van der Waals surface area contributed by atoms with Crippen LogP contribution in [0.15, 0.2) is 49.1 Å². The molecule has 0 saturated heterocycles. The summed E-state index contributed by atoms with van der Waals surface area (Å²) in [5.74, 6) is 1.17. The standard InChI is InChI=1S/C23H31N5O3Si/c1-5-9-25-23(29)31-21-8-6-7-18(13-21)19-12-20(15-24-14-19)22-26-16-27-28(22)17-30-10-11-32(2,3)4/h6-8,12-16H,5,9-11,17H2,1-4H3,(H,25,29). The lowest BCUT2D eigenvalue weighted by molar-refractivity contribution is 0.0796. The predicted molar refractivity (Wildman–Crippen MR) is 127 cm³/mol. The van der Waals surface area contributed by atoms with E-state index in [1.54, 1.807) is 23.1 Å². The van der Waals surface area contributed by atoms with Crippen molar-refractivity contribution in [3.05, 3.63) is 49.1 Å². The Morgan fingerprint density at radius 3 is 2.72 bits per heavy atom. The Bertz CT molecular complexity index is 1030. The molecule has 1 amide bonds. The maximum atomic E-state index is 11.9. The number of hydrogen-bond acceptors (Lipinski definition) is 6. The van der Waals surface area contributed by atoms with Gasteiger partial charge < -0.3 is 14.8 Å². The van der Waals surface area contributed by atoms with Crippen LogP contribution in [0.4, 0.5) is 4.79 Å². The fourth-order valence-corrected chi connectivity index (χ4v) is 3.70. The molecule has 0 atom stereocenters. The van der Waals surface area contributed by atoms with Gasteiger partial charge in [-0.05, 0) is 36.2 Å². The number of pyridine rings is 1. The Hall–Kier alpha value is -3.04. The highest BCUT2D eigenvalue weighted by atomic mass is 28.3. The summed E-state index contributed by atoms with van der Waals surface area (Å²) in [4.78, 5) is 20.6. The number of rotatable bonds is 10. The maximum absolute atomic E-state index is 11.9. The van der Waals surface area contributed by atoms with Crippen LogP contribution in [0.1, 0.15) is 13.3 Å². The molecule has 0 saturated carbocycles. The number of nitrogens with zero attached hydrogens (tertiary/aromatic N) is 4. The maximum Gasteiger partial charge on any atom is 0.412 e. The van der Waals surface area contributed by atoms with Gasteiger partial charge in [-0.1, -0.05) is 38.7 Å². The first-order valence-corrected chi connectivity index (χ1v) is 14.5. The van der Waals surface area contributed by atoms with E-state index >= 15 is 0 Å². The minimum Gasteiger partial charge on any atom is -0.410 e. The van der Waals surface area contributed by atoms with Gasteiger partial charge in [0.1, 0.15) is 18.8 Å². The van der Waals surface area contributed by atoms with Gasteiger partial charge in [0.2, 0.25) is 0 Å². The molecule has 3 aromatic rings. The Labute approximate surface area is 190 Å². The highest BCUT2D eigenvalue weighted by Gasteiger charge is 2.14. The van der Waals surface area contributed by atoms with Gasteiger partial charge in [0.05, 0.1) is 0 Å². The van der Waals surface area contributed by atoms with E-state index in [9.17, 15) is 4.79 Å². The summed E-state index contributed by atoms with van der Waals surface area (Å²) >= 11 is 0. The number of hydrogen-bond donors (Lipinski definition) is 1. The van der Waals surface area contributed by atoms with E-state index in [4.69, 9.17) is 9.47 Å². The molecule has 0 spiro atoms. The molecule has 1 N–H and O–H groups in total.